The summed E-state index contributed by atoms with van der Waals surface area (Å²) in [5, 5.41) is 2.51. The molecule has 1 aromatic rings. The minimum atomic E-state index is -2.51. The Kier molecular flexibility index (Phi) is 3.57. The van der Waals surface area contributed by atoms with Gasteiger partial charge in [0.15, 0.2) is 5.78 Å². The highest BCUT2D eigenvalue weighted by Gasteiger charge is 2.35. The van der Waals surface area contributed by atoms with Crippen molar-refractivity contribution in [3.63, 3.8) is 0 Å². The maximum absolute atomic E-state index is 12.2. The fourth-order valence-corrected chi connectivity index (χ4v) is 2.59. The van der Waals surface area contributed by atoms with Crippen LogP contribution in [0.25, 0.3) is 0 Å². The number of benzene rings is 1. The van der Waals surface area contributed by atoms with E-state index in [1.54, 1.807) is 30.3 Å². The van der Waals surface area contributed by atoms with Crippen LogP contribution in [-0.2, 0) is 15.1 Å². The number of piperidine rings is 1. The minimum Gasteiger partial charge on any atom is -0.355 e. The molecule has 6 heteroatoms. The van der Waals surface area contributed by atoms with Crippen LogP contribution in [0.4, 0.5) is 0 Å². The maximum Gasteiger partial charge on any atom is 0.236 e. The minimum absolute atomic E-state index is 0.0346. The molecule has 1 atom stereocenters. The Morgan fingerprint density at radius 2 is 1.89 bits per heavy atom. The van der Waals surface area contributed by atoms with Crippen LogP contribution < -0.4 is 5.32 Å². The van der Waals surface area contributed by atoms with Gasteiger partial charge in [-0.1, -0.05) is 30.3 Å². The van der Waals surface area contributed by atoms with E-state index in [2.05, 4.69) is 5.32 Å². The summed E-state index contributed by atoms with van der Waals surface area (Å²) >= 11 is 0. The summed E-state index contributed by atoms with van der Waals surface area (Å²) in [6, 6.07) is 8.21. The van der Waals surface area contributed by atoms with Crippen molar-refractivity contribution in [2.45, 2.75) is 6.42 Å². The lowest BCUT2D eigenvalue weighted by molar-refractivity contribution is -0.122. The van der Waals surface area contributed by atoms with E-state index in [0.717, 1.165) is 0 Å². The molecule has 94 valence electrons. The van der Waals surface area contributed by atoms with Crippen molar-refractivity contribution in [1.29, 1.82) is 0 Å². The summed E-state index contributed by atoms with van der Waals surface area (Å²) < 4.78 is 22.2. The SMILES string of the molecule is O=C1NCCC(=S(=O)=O)C1C(=O)c1ccccc1. The van der Waals surface area contributed by atoms with E-state index < -0.39 is 27.9 Å². The summed E-state index contributed by atoms with van der Waals surface area (Å²) in [6.45, 7) is 0.251. The fraction of sp³-hybridized carbons (Fsp3) is 0.250. The number of nitrogens with one attached hydrogen (secondary N) is 1. The molecule has 2 rings (SSSR count). The quantitative estimate of drug-likeness (QED) is 0.466. The van der Waals surface area contributed by atoms with Crippen LogP contribution in [0.15, 0.2) is 30.3 Å². The largest absolute Gasteiger partial charge is 0.355 e. The van der Waals surface area contributed by atoms with Gasteiger partial charge in [0, 0.05) is 18.5 Å². The Morgan fingerprint density at radius 3 is 2.50 bits per heavy atom. The molecular weight excluding hydrogens is 254 g/mol. The molecular formula is C12H11NO4S. The van der Waals surface area contributed by atoms with E-state index in [9.17, 15) is 18.0 Å². The molecule has 1 N–H and O–H groups in total. The zero-order chi connectivity index (χ0) is 13.1. The molecule has 1 unspecified atom stereocenters. The van der Waals surface area contributed by atoms with E-state index in [1.807, 2.05) is 0 Å². The van der Waals surface area contributed by atoms with Crippen molar-refractivity contribution < 1.29 is 18.0 Å². The number of ketones is 1. The van der Waals surface area contributed by atoms with Crippen LogP contribution in [0, 0.1) is 5.92 Å². The lowest BCUT2D eigenvalue weighted by Gasteiger charge is -2.21. The molecule has 1 aliphatic heterocycles. The van der Waals surface area contributed by atoms with E-state index in [-0.39, 0.29) is 17.8 Å². The van der Waals surface area contributed by atoms with Crippen LogP contribution in [0.2, 0.25) is 0 Å². The zero-order valence-electron chi connectivity index (χ0n) is 9.42. The average molecular weight is 265 g/mol. The number of carbonyl (C=O) groups excluding carboxylic acids is 2. The highest BCUT2D eigenvalue weighted by Crippen LogP contribution is 2.15. The third-order valence-corrected chi connectivity index (χ3v) is 3.66. The number of amides is 1. The van der Waals surface area contributed by atoms with Gasteiger partial charge in [0.05, 0.1) is 4.86 Å². The lowest BCUT2D eigenvalue weighted by atomic mass is 9.90. The average Bonchev–Trinajstić information content (AvgIpc) is 2.38. The third-order valence-electron chi connectivity index (χ3n) is 2.79. The Bertz CT molecular complexity index is 611. The summed E-state index contributed by atoms with van der Waals surface area (Å²) in [6.07, 6.45) is 0.186. The van der Waals surface area contributed by atoms with Crippen LogP contribution >= 0.6 is 0 Å². The molecule has 0 aliphatic carbocycles. The molecule has 1 saturated heterocycles. The molecule has 0 bridgehead atoms. The second-order valence-corrected chi connectivity index (χ2v) is 4.90. The summed E-state index contributed by atoms with van der Waals surface area (Å²) in [7, 11) is -2.51. The molecule has 5 nitrogen and oxygen atoms in total. The molecule has 1 aromatic carbocycles. The topological polar surface area (TPSA) is 80.3 Å². The van der Waals surface area contributed by atoms with Crippen molar-refractivity contribution in [1.82, 2.24) is 5.32 Å². The lowest BCUT2D eigenvalue weighted by Crippen LogP contribution is -2.46. The van der Waals surface area contributed by atoms with Gasteiger partial charge in [0.25, 0.3) is 0 Å². The number of hydrogen-bond donors (Lipinski definition) is 1. The van der Waals surface area contributed by atoms with Gasteiger partial charge in [0.2, 0.25) is 16.2 Å². The number of carbonyl (C=O) groups is 2. The van der Waals surface area contributed by atoms with E-state index in [1.165, 1.54) is 0 Å². The van der Waals surface area contributed by atoms with Gasteiger partial charge in [-0.05, 0) is 0 Å². The molecule has 0 radical (unpaired) electrons. The first kappa shape index (κ1) is 12.5. The highest BCUT2D eigenvalue weighted by atomic mass is 32.2. The normalized spacial score (nSPS) is 19.2. The predicted molar refractivity (Wildman–Crippen MR) is 65.8 cm³/mol. The molecule has 0 spiro atoms. The molecule has 1 heterocycles. The maximum atomic E-state index is 12.2. The highest BCUT2D eigenvalue weighted by molar-refractivity contribution is 7.73. The predicted octanol–water partition coefficient (Wildman–Crippen LogP) is 0.0569. The van der Waals surface area contributed by atoms with Gasteiger partial charge in [-0.2, -0.15) is 8.42 Å². The fourth-order valence-electron chi connectivity index (χ4n) is 1.92. The first-order valence-corrected chi connectivity index (χ1v) is 6.50. The number of Topliss-reactive ketones (excluding diaryl/α,β-unsaturated/α-hetero) is 1. The van der Waals surface area contributed by atoms with Crippen molar-refractivity contribution in [2.24, 2.45) is 5.92 Å². The van der Waals surface area contributed by atoms with E-state index in [4.69, 9.17) is 0 Å². The molecule has 0 saturated carbocycles. The van der Waals surface area contributed by atoms with Gasteiger partial charge >= 0.3 is 0 Å². The van der Waals surface area contributed by atoms with Crippen LogP contribution in [-0.4, -0.2) is 31.5 Å². The first-order chi connectivity index (χ1) is 8.61. The number of hydrogen-bond acceptors (Lipinski definition) is 4. The molecule has 1 aliphatic rings. The second-order valence-electron chi connectivity index (χ2n) is 3.91. The zero-order valence-corrected chi connectivity index (χ0v) is 10.2. The van der Waals surface area contributed by atoms with Gasteiger partial charge in [-0.25, -0.2) is 0 Å². The molecule has 1 fully saturated rings. The summed E-state index contributed by atoms with van der Waals surface area (Å²) in [4.78, 5) is 23.8. The summed E-state index contributed by atoms with van der Waals surface area (Å²) in [5.41, 5.74) is 0.336. The Hall–Kier alpha value is -1.95. The van der Waals surface area contributed by atoms with Gasteiger partial charge in [0.1, 0.15) is 5.92 Å². The standard InChI is InChI=1S/C12H11NO4S/c14-11(8-4-2-1-3-5-8)10-9(18(16)17)6-7-13-12(10)15/h1-5,10H,6-7H2,(H,13,15). The second kappa shape index (κ2) is 5.14. The molecule has 1 amide bonds. The van der Waals surface area contributed by atoms with Gasteiger partial charge in [-0.15, -0.1) is 0 Å². The van der Waals surface area contributed by atoms with E-state index >= 15 is 0 Å². The monoisotopic (exact) mass is 265 g/mol. The Balaban J connectivity index is 2.44. The van der Waals surface area contributed by atoms with Crippen LogP contribution in [0.5, 0.6) is 0 Å². The molecule has 0 aromatic heterocycles. The van der Waals surface area contributed by atoms with Crippen molar-refractivity contribution in [3.8, 4) is 0 Å². The number of rotatable bonds is 2. The van der Waals surface area contributed by atoms with Crippen molar-refractivity contribution >= 4 is 26.8 Å². The van der Waals surface area contributed by atoms with Crippen molar-refractivity contribution in [3.05, 3.63) is 35.9 Å². The Morgan fingerprint density at radius 1 is 1.22 bits per heavy atom. The van der Waals surface area contributed by atoms with Gasteiger partial charge < -0.3 is 5.32 Å². The Labute approximate surface area is 105 Å². The summed E-state index contributed by atoms with van der Waals surface area (Å²) in [5.74, 6) is -2.25. The van der Waals surface area contributed by atoms with Crippen LogP contribution in [0.1, 0.15) is 16.8 Å². The molecule has 18 heavy (non-hydrogen) atoms. The smallest absolute Gasteiger partial charge is 0.236 e. The van der Waals surface area contributed by atoms with Crippen LogP contribution in [0.3, 0.4) is 0 Å². The van der Waals surface area contributed by atoms with Gasteiger partial charge in [-0.3, -0.25) is 9.59 Å². The first-order valence-electron chi connectivity index (χ1n) is 5.43. The third kappa shape index (κ3) is 2.33. The van der Waals surface area contributed by atoms with E-state index in [0.29, 0.717) is 5.56 Å². The van der Waals surface area contributed by atoms with Crippen molar-refractivity contribution in [2.75, 3.05) is 6.54 Å².